The van der Waals surface area contributed by atoms with Crippen molar-refractivity contribution in [2.75, 3.05) is 19.9 Å². The van der Waals surface area contributed by atoms with Crippen molar-refractivity contribution < 1.29 is 4.74 Å². The van der Waals surface area contributed by atoms with Crippen LogP contribution in [0.5, 0.6) is 5.75 Å². The first-order chi connectivity index (χ1) is 9.74. The van der Waals surface area contributed by atoms with Gasteiger partial charge in [0.25, 0.3) is 0 Å². The van der Waals surface area contributed by atoms with Crippen LogP contribution in [0.25, 0.3) is 0 Å². The maximum Gasteiger partial charge on any atom is 0.142 e. The van der Waals surface area contributed by atoms with E-state index in [-0.39, 0.29) is 6.04 Å². The molecule has 1 unspecified atom stereocenters. The van der Waals surface area contributed by atoms with Crippen molar-refractivity contribution in [3.8, 4) is 5.75 Å². The highest BCUT2D eigenvalue weighted by molar-refractivity contribution is 7.99. The van der Waals surface area contributed by atoms with Crippen molar-refractivity contribution in [1.82, 2.24) is 10.3 Å². The number of nitrogens with zero attached hydrogens (tertiary/aromatic N) is 1. The van der Waals surface area contributed by atoms with Gasteiger partial charge < -0.3 is 10.1 Å². The largest absolute Gasteiger partial charge is 0.495 e. The van der Waals surface area contributed by atoms with Crippen molar-refractivity contribution in [3.05, 3.63) is 53.9 Å². The summed E-state index contributed by atoms with van der Waals surface area (Å²) in [5.41, 5.74) is 2.24. The lowest BCUT2D eigenvalue weighted by Crippen LogP contribution is -2.20. The van der Waals surface area contributed by atoms with Gasteiger partial charge in [-0.3, -0.25) is 4.98 Å². The first-order valence-electron chi connectivity index (χ1n) is 6.60. The third-order valence-corrected chi connectivity index (χ3v) is 4.19. The predicted molar refractivity (Wildman–Crippen MR) is 84.5 cm³/mol. The van der Waals surface area contributed by atoms with Crippen molar-refractivity contribution in [2.24, 2.45) is 0 Å². The Hall–Kier alpha value is -1.52. The Bertz CT molecular complexity index is 560. The minimum Gasteiger partial charge on any atom is -0.495 e. The molecule has 0 aliphatic rings. The minimum absolute atomic E-state index is 0.164. The third kappa shape index (κ3) is 3.74. The average Bonchev–Trinajstić information content (AvgIpc) is 2.48. The Labute approximate surface area is 124 Å². The summed E-state index contributed by atoms with van der Waals surface area (Å²) in [6, 6.07) is 12.5. The summed E-state index contributed by atoms with van der Waals surface area (Å²) >= 11 is 1.82. The highest BCUT2D eigenvalue weighted by Gasteiger charge is 2.15. The Balaban J connectivity index is 2.09. The molecule has 1 N–H and O–H groups in total. The third-order valence-electron chi connectivity index (χ3n) is 3.10. The molecular formula is C16H20N2OS. The van der Waals surface area contributed by atoms with Gasteiger partial charge in [0.2, 0.25) is 0 Å². The van der Waals surface area contributed by atoms with Crippen molar-refractivity contribution in [3.63, 3.8) is 0 Å². The number of nitrogens with one attached hydrogen (secondary N) is 1. The van der Waals surface area contributed by atoms with Gasteiger partial charge >= 0.3 is 0 Å². The topological polar surface area (TPSA) is 34.2 Å². The first-order valence-corrected chi connectivity index (χ1v) is 7.58. The molecule has 0 amide bonds. The van der Waals surface area contributed by atoms with Crippen LogP contribution in [-0.4, -0.2) is 24.9 Å². The van der Waals surface area contributed by atoms with Gasteiger partial charge in [0.05, 0.1) is 18.8 Å². The highest BCUT2D eigenvalue weighted by atomic mass is 32.2. The van der Waals surface area contributed by atoms with E-state index in [1.165, 1.54) is 10.5 Å². The van der Waals surface area contributed by atoms with Gasteiger partial charge in [0.1, 0.15) is 5.75 Å². The lowest BCUT2D eigenvalue weighted by molar-refractivity contribution is 0.400. The zero-order valence-electron chi connectivity index (χ0n) is 12.1. The number of pyridine rings is 1. The van der Waals surface area contributed by atoms with Crippen LogP contribution >= 0.6 is 11.8 Å². The number of aryl methyl sites for hydroxylation is 1. The second-order valence-corrected chi connectivity index (χ2v) is 5.65. The molecule has 1 heterocycles. The van der Waals surface area contributed by atoms with Crippen LogP contribution in [0.4, 0.5) is 0 Å². The molecule has 1 atom stereocenters. The number of hydrogen-bond donors (Lipinski definition) is 1. The average molecular weight is 288 g/mol. The predicted octanol–water partition coefficient (Wildman–Crippen LogP) is 3.45. The van der Waals surface area contributed by atoms with Gasteiger partial charge in [-0.15, -0.1) is 11.8 Å². The maximum absolute atomic E-state index is 5.39. The van der Waals surface area contributed by atoms with Crippen LogP contribution in [0.2, 0.25) is 0 Å². The number of thioether (sulfide) groups is 1. The summed E-state index contributed by atoms with van der Waals surface area (Å²) in [5, 5.41) is 3.31. The normalized spacial score (nSPS) is 12.2. The summed E-state index contributed by atoms with van der Waals surface area (Å²) in [6.07, 6.45) is 1.81. The van der Waals surface area contributed by atoms with E-state index in [4.69, 9.17) is 4.74 Å². The quantitative estimate of drug-likeness (QED) is 0.826. The number of benzene rings is 1. The molecule has 1 aromatic heterocycles. The molecule has 4 heteroatoms. The van der Waals surface area contributed by atoms with Crippen LogP contribution in [0, 0.1) is 6.92 Å². The molecule has 3 nitrogen and oxygen atoms in total. The second kappa shape index (κ2) is 7.31. The second-order valence-electron chi connectivity index (χ2n) is 4.56. The summed E-state index contributed by atoms with van der Waals surface area (Å²) in [6.45, 7) is 2.11. The van der Waals surface area contributed by atoms with E-state index in [0.29, 0.717) is 0 Å². The number of rotatable bonds is 6. The maximum atomic E-state index is 5.39. The Morgan fingerprint density at radius 1 is 1.30 bits per heavy atom. The molecule has 0 saturated heterocycles. The van der Waals surface area contributed by atoms with Crippen LogP contribution in [-0.2, 0) is 0 Å². The molecule has 0 bridgehead atoms. The Kier molecular flexibility index (Phi) is 5.44. The molecule has 0 spiro atoms. The van der Waals surface area contributed by atoms with Gasteiger partial charge in [0.15, 0.2) is 0 Å². The van der Waals surface area contributed by atoms with E-state index in [2.05, 4.69) is 41.5 Å². The number of methoxy groups -OCH3 is 1. The Morgan fingerprint density at radius 3 is 2.85 bits per heavy atom. The van der Waals surface area contributed by atoms with Gasteiger partial charge in [-0.05, 0) is 38.2 Å². The molecule has 1 aromatic carbocycles. The molecule has 0 aliphatic heterocycles. The SMILES string of the molecule is CNC(CSc1cccc(C)c1)c1ncccc1OC. The summed E-state index contributed by atoms with van der Waals surface area (Å²) in [5.74, 6) is 1.74. The molecule has 0 fully saturated rings. The van der Waals surface area contributed by atoms with Gasteiger partial charge in [-0.2, -0.15) is 0 Å². The van der Waals surface area contributed by atoms with Gasteiger partial charge in [0, 0.05) is 16.8 Å². The van der Waals surface area contributed by atoms with Crippen LogP contribution in [0.3, 0.4) is 0 Å². The van der Waals surface area contributed by atoms with E-state index >= 15 is 0 Å². The smallest absolute Gasteiger partial charge is 0.142 e. The first kappa shape index (κ1) is 14.9. The van der Waals surface area contributed by atoms with Crippen LogP contribution < -0.4 is 10.1 Å². The molecule has 20 heavy (non-hydrogen) atoms. The number of hydrogen-bond acceptors (Lipinski definition) is 4. The molecule has 0 radical (unpaired) electrons. The molecule has 0 saturated carbocycles. The zero-order valence-corrected chi connectivity index (χ0v) is 12.9. The summed E-state index contributed by atoms with van der Waals surface area (Å²) < 4.78 is 5.39. The number of aromatic nitrogens is 1. The molecule has 2 aromatic rings. The minimum atomic E-state index is 0.164. The molecule has 106 valence electrons. The van der Waals surface area contributed by atoms with Crippen molar-refractivity contribution in [1.29, 1.82) is 0 Å². The lowest BCUT2D eigenvalue weighted by Gasteiger charge is -2.17. The monoisotopic (exact) mass is 288 g/mol. The van der Waals surface area contributed by atoms with Crippen molar-refractivity contribution >= 4 is 11.8 Å². The van der Waals surface area contributed by atoms with E-state index < -0.39 is 0 Å². The Morgan fingerprint density at radius 2 is 2.15 bits per heavy atom. The summed E-state index contributed by atoms with van der Waals surface area (Å²) in [4.78, 5) is 5.73. The van der Waals surface area contributed by atoms with Gasteiger partial charge in [-0.25, -0.2) is 0 Å². The van der Waals surface area contributed by atoms with Crippen LogP contribution in [0.1, 0.15) is 17.3 Å². The molecule has 2 rings (SSSR count). The standard InChI is InChI=1S/C16H20N2OS/c1-12-6-4-7-13(10-12)20-11-14(17-2)16-15(19-3)8-5-9-18-16/h4-10,14,17H,11H2,1-3H3. The van der Waals surface area contributed by atoms with Crippen molar-refractivity contribution in [2.45, 2.75) is 17.9 Å². The van der Waals surface area contributed by atoms with Gasteiger partial charge in [-0.1, -0.05) is 17.7 Å². The van der Waals surface area contributed by atoms with E-state index in [0.717, 1.165) is 17.2 Å². The summed E-state index contributed by atoms with van der Waals surface area (Å²) in [7, 11) is 3.64. The fourth-order valence-electron chi connectivity index (χ4n) is 2.02. The molecular weight excluding hydrogens is 268 g/mol. The highest BCUT2D eigenvalue weighted by Crippen LogP contribution is 2.28. The fraction of sp³-hybridized carbons (Fsp3) is 0.312. The fourth-order valence-corrected chi connectivity index (χ4v) is 3.15. The lowest BCUT2D eigenvalue weighted by atomic mass is 10.2. The number of ether oxygens (including phenoxy) is 1. The zero-order chi connectivity index (χ0) is 14.4. The van der Waals surface area contributed by atoms with Crippen LogP contribution in [0.15, 0.2) is 47.5 Å². The van der Waals surface area contributed by atoms with E-state index in [1.54, 1.807) is 13.3 Å². The molecule has 0 aliphatic carbocycles. The van der Waals surface area contributed by atoms with E-state index in [9.17, 15) is 0 Å². The van der Waals surface area contributed by atoms with E-state index in [1.807, 2.05) is 30.9 Å².